The van der Waals surface area contributed by atoms with Gasteiger partial charge in [0, 0.05) is 29.0 Å². The van der Waals surface area contributed by atoms with Crippen LogP contribution in [0.15, 0.2) is 53.3 Å². The van der Waals surface area contributed by atoms with Crippen molar-refractivity contribution in [2.24, 2.45) is 0 Å². The van der Waals surface area contributed by atoms with Gasteiger partial charge in [-0.25, -0.2) is 0 Å². The second kappa shape index (κ2) is 6.12. The lowest BCUT2D eigenvalue weighted by molar-refractivity contribution is 0.493. The summed E-state index contributed by atoms with van der Waals surface area (Å²) < 4.78 is 1.11. The van der Waals surface area contributed by atoms with Crippen molar-refractivity contribution in [3.8, 4) is 0 Å². The fourth-order valence-electron chi connectivity index (χ4n) is 1.98. The molecule has 0 saturated carbocycles. The topological polar surface area (TPSA) is 24.9 Å². The number of pyridine rings is 1. The molecule has 0 bridgehead atoms. The summed E-state index contributed by atoms with van der Waals surface area (Å²) in [6, 6.07) is 13.0. The fourth-order valence-corrected chi connectivity index (χ4v) is 2.39. The number of hydrogen-bond donors (Lipinski definition) is 1. The highest BCUT2D eigenvalue weighted by Crippen LogP contribution is 2.21. The first-order valence-electron chi connectivity index (χ1n) is 6.08. The largest absolute Gasteiger partial charge is 0.304 e. The summed E-state index contributed by atoms with van der Waals surface area (Å²) in [7, 11) is 0. The van der Waals surface area contributed by atoms with E-state index in [1.807, 2.05) is 18.3 Å². The molecule has 1 heterocycles. The number of nitrogens with one attached hydrogen (secondary N) is 1. The van der Waals surface area contributed by atoms with E-state index in [4.69, 9.17) is 0 Å². The van der Waals surface area contributed by atoms with Crippen molar-refractivity contribution in [1.82, 2.24) is 10.3 Å². The Hall–Kier alpha value is -1.19. The molecule has 0 aliphatic heterocycles. The van der Waals surface area contributed by atoms with Gasteiger partial charge in [-0.05, 0) is 43.2 Å². The quantitative estimate of drug-likeness (QED) is 0.913. The van der Waals surface area contributed by atoms with Crippen LogP contribution in [0, 0.1) is 0 Å². The van der Waals surface area contributed by atoms with Gasteiger partial charge in [-0.15, -0.1) is 0 Å². The van der Waals surface area contributed by atoms with Crippen molar-refractivity contribution in [2.75, 3.05) is 0 Å². The van der Waals surface area contributed by atoms with Gasteiger partial charge in [-0.2, -0.15) is 0 Å². The zero-order chi connectivity index (χ0) is 13.0. The van der Waals surface area contributed by atoms with E-state index in [9.17, 15) is 0 Å². The maximum atomic E-state index is 4.15. The number of hydrogen-bond acceptors (Lipinski definition) is 2. The van der Waals surface area contributed by atoms with Crippen molar-refractivity contribution in [2.45, 2.75) is 25.9 Å². The summed E-state index contributed by atoms with van der Waals surface area (Å²) in [5.74, 6) is 0. The smallest absolute Gasteiger partial charge is 0.0315 e. The molecule has 1 aromatic carbocycles. The van der Waals surface area contributed by atoms with E-state index in [1.165, 1.54) is 11.1 Å². The van der Waals surface area contributed by atoms with Gasteiger partial charge in [-0.3, -0.25) is 4.98 Å². The summed E-state index contributed by atoms with van der Waals surface area (Å²) in [6.45, 7) is 4.33. The second-order valence-corrected chi connectivity index (χ2v) is 5.37. The van der Waals surface area contributed by atoms with Crippen LogP contribution >= 0.6 is 15.9 Å². The Bertz CT molecular complexity index is 499. The number of halogens is 1. The standard InChI is InChI=1S/C15H17BrN2/c1-11(13-5-3-7-15(16)9-13)18-12(2)14-6-4-8-17-10-14/h3-12,18H,1-2H3/t11-,12?/m1/s1. The van der Waals surface area contributed by atoms with Crippen LogP contribution in [0.3, 0.4) is 0 Å². The van der Waals surface area contributed by atoms with Gasteiger partial charge < -0.3 is 5.32 Å². The minimum atomic E-state index is 0.285. The van der Waals surface area contributed by atoms with Gasteiger partial charge in [0.05, 0.1) is 0 Å². The Kier molecular flexibility index (Phi) is 4.50. The second-order valence-electron chi connectivity index (χ2n) is 4.45. The lowest BCUT2D eigenvalue weighted by atomic mass is 10.1. The molecule has 2 rings (SSSR count). The third-order valence-electron chi connectivity index (χ3n) is 3.03. The van der Waals surface area contributed by atoms with E-state index in [1.54, 1.807) is 6.20 Å². The van der Waals surface area contributed by atoms with Gasteiger partial charge in [0.1, 0.15) is 0 Å². The van der Waals surface area contributed by atoms with Gasteiger partial charge in [0.15, 0.2) is 0 Å². The van der Waals surface area contributed by atoms with Crippen LogP contribution in [0.2, 0.25) is 0 Å². The predicted octanol–water partition coefficient (Wildman–Crippen LogP) is 4.26. The van der Waals surface area contributed by atoms with E-state index < -0.39 is 0 Å². The van der Waals surface area contributed by atoms with Gasteiger partial charge in [0.2, 0.25) is 0 Å². The molecule has 2 atom stereocenters. The molecule has 1 aromatic heterocycles. The molecule has 0 fully saturated rings. The molecule has 0 aliphatic carbocycles. The van der Waals surface area contributed by atoms with Gasteiger partial charge >= 0.3 is 0 Å². The monoisotopic (exact) mass is 304 g/mol. The van der Waals surface area contributed by atoms with E-state index in [-0.39, 0.29) is 6.04 Å². The SMILES string of the molecule is CC(N[C@H](C)c1cccc(Br)c1)c1cccnc1. The highest BCUT2D eigenvalue weighted by Gasteiger charge is 2.11. The Morgan fingerprint density at radius 2 is 1.78 bits per heavy atom. The molecule has 1 N–H and O–H groups in total. The van der Waals surface area contributed by atoms with Gasteiger partial charge in [0.25, 0.3) is 0 Å². The van der Waals surface area contributed by atoms with E-state index >= 15 is 0 Å². The Morgan fingerprint density at radius 1 is 1.06 bits per heavy atom. The number of benzene rings is 1. The lowest BCUT2D eigenvalue weighted by Crippen LogP contribution is -2.22. The molecular formula is C15H17BrN2. The molecule has 0 aliphatic rings. The van der Waals surface area contributed by atoms with Crippen molar-refractivity contribution in [3.63, 3.8) is 0 Å². The van der Waals surface area contributed by atoms with Crippen LogP contribution in [0.4, 0.5) is 0 Å². The maximum Gasteiger partial charge on any atom is 0.0315 e. The molecular weight excluding hydrogens is 288 g/mol. The molecule has 0 amide bonds. The highest BCUT2D eigenvalue weighted by atomic mass is 79.9. The van der Waals surface area contributed by atoms with Crippen molar-refractivity contribution < 1.29 is 0 Å². The lowest BCUT2D eigenvalue weighted by Gasteiger charge is -2.20. The first kappa shape index (κ1) is 13.2. The first-order chi connectivity index (χ1) is 8.66. The molecule has 2 nitrogen and oxygen atoms in total. The summed E-state index contributed by atoms with van der Waals surface area (Å²) in [5.41, 5.74) is 2.49. The maximum absolute atomic E-state index is 4.15. The number of nitrogens with zero attached hydrogens (tertiary/aromatic N) is 1. The van der Waals surface area contributed by atoms with E-state index in [0.29, 0.717) is 6.04 Å². The zero-order valence-corrected chi connectivity index (χ0v) is 12.2. The first-order valence-corrected chi connectivity index (χ1v) is 6.87. The molecule has 0 radical (unpaired) electrons. The van der Waals surface area contributed by atoms with Crippen molar-refractivity contribution >= 4 is 15.9 Å². The average molecular weight is 305 g/mol. The molecule has 1 unspecified atom stereocenters. The number of aromatic nitrogens is 1. The summed E-state index contributed by atoms with van der Waals surface area (Å²) in [6.07, 6.45) is 3.71. The van der Waals surface area contributed by atoms with Crippen molar-refractivity contribution in [1.29, 1.82) is 0 Å². The van der Waals surface area contributed by atoms with Crippen LogP contribution in [0.1, 0.15) is 37.1 Å². The van der Waals surface area contributed by atoms with Crippen LogP contribution in [0.5, 0.6) is 0 Å². The minimum Gasteiger partial charge on any atom is -0.304 e. The van der Waals surface area contributed by atoms with E-state index in [0.717, 1.165) is 4.47 Å². The average Bonchev–Trinajstić information content (AvgIpc) is 2.39. The van der Waals surface area contributed by atoms with Gasteiger partial charge in [-0.1, -0.05) is 34.1 Å². The normalized spacial score (nSPS) is 14.2. The van der Waals surface area contributed by atoms with E-state index in [2.05, 4.69) is 64.3 Å². The molecule has 0 spiro atoms. The van der Waals surface area contributed by atoms with Crippen LogP contribution in [-0.4, -0.2) is 4.98 Å². The molecule has 2 aromatic rings. The van der Waals surface area contributed by atoms with Crippen LogP contribution in [0.25, 0.3) is 0 Å². The van der Waals surface area contributed by atoms with Crippen molar-refractivity contribution in [3.05, 3.63) is 64.4 Å². The molecule has 18 heavy (non-hydrogen) atoms. The third kappa shape index (κ3) is 3.40. The fraction of sp³-hybridized carbons (Fsp3) is 0.267. The Labute approximate surface area is 117 Å². The summed E-state index contributed by atoms with van der Waals surface area (Å²) in [5, 5.41) is 3.58. The third-order valence-corrected chi connectivity index (χ3v) is 3.53. The summed E-state index contributed by atoms with van der Waals surface area (Å²) in [4.78, 5) is 4.15. The number of rotatable bonds is 4. The molecule has 94 valence electrons. The zero-order valence-electron chi connectivity index (χ0n) is 10.6. The predicted molar refractivity (Wildman–Crippen MR) is 78.3 cm³/mol. The van der Waals surface area contributed by atoms with Crippen LogP contribution < -0.4 is 5.32 Å². The Morgan fingerprint density at radius 3 is 2.44 bits per heavy atom. The van der Waals surface area contributed by atoms with Crippen LogP contribution in [-0.2, 0) is 0 Å². The highest BCUT2D eigenvalue weighted by molar-refractivity contribution is 9.10. The Balaban J connectivity index is 2.05. The minimum absolute atomic E-state index is 0.285. The molecule has 3 heteroatoms. The summed E-state index contributed by atoms with van der Waals surface area (Å²) >= 11 is 3.50. The molecule has 0 saturated heterocycles.